The van der Waals surface area contributed by atoms with Gasteiger partial charge >= 0.3 is 0 Å². The summed E-state index contributed by atoms with van der Waals surface area (Å²) in [5, 5.41) is 7.81. The number of benzene rings is 1. The molecule has 0 atom stereocenters. The maximum atomic E-state index is 12.7. The first-order valence-electron chi connectivity index (χ1n) is 7.86. The average molecular weight is 342 g/mol. The van der Waals surface area contributed by atoms with Gasteiger partial charge in [-0.15, -0.1) is 6.42 Å². The van der Waals surface area contributed by atoms with E-state index in [0.29, 0.717) is 28.2 Å². The molecular weight excluding hydrogens is 328 g/mol. The fourth-order valence-electron chi connectivity index (χ4n) is 2.72. The highest BCUT2D eigenvalue weighted by molar-refractivity contribution is 5.83. The maximum Gasteiger partial charge on any atom is 0.258 e. The molecule has 0 aliphatic heterocycles. The Bertz CT molecular complexity index is 1200. The van der Waals surface area contributed by atoms with Crippen molar-refractivity contribution in [2.24, 2.45) is 7.05 Å². The molecule has 3 aromatic heterocycles. The monoisotopic (exact) mass is 342 g/mol. The van der Waals surface area contributed by atoms with Crippen molar-refractivity contribution in [3.8, 4) is 18.0 Å². The minimum atomic E-state index is -0.248. The molecular formula is C19H14N6O. The SMILES string of the molecule is C#Cc1cc(=O)n(-c2ccccc2)c2nc(Nc3cnn(C)c3)ncc12. The van der Waals surface area contributed by atoms with E-state index in [4.69, 9.17) is 6.42 Å². The number of pyridine rings is 1. The highest BCUT2D eigenvalue weighted by atomic mass is 16.1. The molecule has 7 nitrogen and oxygen atoms in total. The molecule has 4 rings (SSSR count). The minimum Gasteiger partial charge on any atom is -0.321 e. The second kappa shape index (κ2) is 6.18. The second-order valence-electron chi connectivity index (χ2n) is 5.67. The number of para-hydroxylation sites is 1. The highest BCUT2D eigenvalue weighted by Gasteiger charge is 2.13. The zero-order chi connectivity index (χ0) is 18.1. The first kappa shape index (κ1) is 15.6. The zero-order valence-electron chi connectivity index (χ0n) is 13.9. The molecule has 1 aromatic carbocycles. The van der Waals surface area contributed by atoms with E-state index in [1.165, 1.54) is 10.6 Å². The lowest BCUT2D eigenvalue weighted by molar-refractivity contribution is 0.768. The fraction of sp³-hybridized carbons (Fsp3) is 0.0526. The summed E-state index contributed by atoms with van der Waals surface area (Å²) in [4.78, 5) is 21.5. The Morgan fingerprint density at radius 1 is 1.19 bits per heavy atom. The van der Waals surface area contributed by atoms with E-state index in [1.807, 2.05) is 37.4 Å². The van der Waals surface area contributed by atoms with Crippen LogP contribution in [0.4, 0.5) is 11.6 Å². The Kier molecular flexibility index (Phi) is 3.71. The van der Waals surface area contributed by atoms with Crippen molar-refractivity contribution < 1.29 is 0 Å². The largest absolute Gasteiger partial charge is 0.321 e. The van der Waals surface area contributed by atoms with Gasteiger partial charge in [0.05, 0.1) is 23.0 Å². The number of hydrogen-bond donors (Lipinski definition) is 1. The molecule has 0 radical (unpaired) electrons. The van der Waals surface area contributed by atoms with E-state index in [1.54, 1.807) is 23.3 Å². The molecule has 0 amide bonds. The first-order chi connectivity index (χ1) is 12.7. The number of hydrogen-bond acceptors (Lipinski definition) is 5. The van der Waals surface area contributed by atoms with E-state index in [-0.39, 0.29) is 5.56 Å². The van der Waals surface area contributed by atoms with Crippen LogP contribution in [0.15, 0.2) is 59.8 Å². The van der Waals surface area contributed by atoms with E-state index in [2.05, 4.69) is 26.3 Å². The van der Waals surface area contributed by atoms with Crippen molar-refractivity contribution in [1.29, 1.82) is 0 Å². The van der Waals surface area contributed by atoms with Gasteiger partial charge in [0.1, 0.15) is 0 Å². The minimum absolute atomic E-state index is 0.248. The van der Waals surface area contributed by atoms with Crippen molar-refractivity contribution in [3.05, 3.63) is 70.9 Å². The lowest BCUT2D eigenvalue weighted by atomic mass is 10.2. The van der Waals surface area contributed by atoms with Crippen LogP contribution >= 0.6 is 0 Å². The summed E-state index contributed by atoms with van der Waals surface area (Å²) in [5.74, 6) is 2.89. The smallest absolute Gasteiger partial charge is 0.258 e. The molecule has 0 spiro atoms. The molecule has 0 saturated heterocycles. The van der Waals surface area contributed by atoms with E-state index in [0.717, 1.165) is 5.69 Å². The van der Waals surface area contributed by atoms with Crippen LogP contribution in [0.2, 0.25) is 0 Å². The van der Waals surface area contributed by atoms with Gasteiger partial charge in [-0.3, -0.25) is 14.0 Å². The Morgan fingerprint density at radius 3 is 2.69 bits per heavy atom. The van der Waals surface area contributed by atoms with Crippen LogP contribution in [0, 0.1) is 12.3 Å². The van der Waals surface area contributed by atoms with Gasteiger partial charge < -0.3 is 5.32 Å². The summed E-state index contributed by atoms with van der Waals surface area (Å²) in [6.07, 6.45) is 10.6. The van der Waals surface area contributed by atoms with Crippen molar-refractivity contribution in [1.82, 2.24) is 24.3 Å². The van der Waals surface area contributed by atoms with Crippen LogP contribution in [0.25, 0.3) is 16.7 Å². The van der Waals surface area contributed by atoms with E-state index < -0.39 is 0 Å². The number of aryl methyl sites for hydroxylation is 1. The van der Waals surface area contributed by atoms with Crippen LogP contribution < -0.4 is 10.9 Å². The molecule has 0 fully saturated rings. The Balaban J connectivity index is 1.95. The van der Waals surface area contributed by atoms with Crippen molar-refractivity contribution >= 4 is 22.7 Å². The number of terminal acetylenes is 1. The van der Waals surface area contributed by atoms with Crippen LogP contribution in [0.3, 0.4) is 0 Å². The highest BCUT2D eigenvalue weighted by Crippen LogP contribution is 2.20. The summed E-state index contributed by atoms with van der Waals surface area (Å²) in [7, 11) is 1.82. The number of anilines is 2. The predicted octanol–water partition coefficient (Wildman–Crippen LogP) is 2.24. The molecule has 126 valence electrons. The second-order valence-corrected chi connectivity index (χ2v) is 5.67. The summed E-state index contributed by atoms with van der Waals surface area (Å²) < 4.78 is 3.19. The lowest BCUT2D eigenvalue weighted by Gasteiger charge is -2.11. The van der Waals surface area contributed by atoms with Crippen LogP contribution in [-0.2, 0) is 7.05 Å². The van der Waals surface area contributed by atoms with E-state index in [9.17, 15) is 4.79 Å². The van der Waals surface area contributed by atoms with Gasteiger partial charge in [-0.1, -0.05) is 24.1 Å². The first-order valence-corrected chi connectivity index (χ1v) is 7.86. The van der Waals surface area contributed by atoms with Gasteiger partial charge in [0, 0.05) is 31.1 Å². The Morgan fingerprint density at radius 2 is 2.00 bits per heavy atom. The zero-order valence-corrected chi connectivity index (χ0v) is 13.9. The number of rotatable bonds is 3. The molecule has 0 bridgehead atoms. The van der Waals surface area contributed by atoms with Gasteiger partial charge in [0.25, 0.3) is 5.56 Å². The number of aromatic nitrogens is 5. The molecule has 0 aliphatic carbocycles. The Hall–Kier alpha value is -3.92. The summed E-state index contributed by atoms with van der Waals surface area (Å²) in [6, 6.07) is 10.7. The van der Waals surface area contributed by atoms with Crippen molar-refractivity contribution in [2.75, 3.05) is 5.32 Å². The molecule has 0 unspecified atom stereocenters. The van der Waals surface area contributed by atoms with Gasteiger partial charge in [-0.25, -0.2) is 4.98 Å². The molecule has 0 aliphatic rings. The van der Waals surface area contributed by atoms with Gasteiger partial charge in [-0.2, -0.15) is 10.1 Å². The normalized spacial score (nSPS) is 10.6. The third-order valence-corrected chi connectivity index (χ3v) is 3.89. The van der Waals surface area contributed by atoms with Gasteiger partial charge in [0.2, 0.25) is 5.95 Å². The van der Waals surface area contributed by atoms with Gasteiger partial charge in [-0.05, 0) is 12.1 Å². The summed E-state index contributed by atoms with van der Waals surface area (Å²) in [6.45, 7) is 0. The van der Waals surface area contributed by atoms with Crippen LogP contribution in [-0.4, -0.2) is 24.3 Å². The standard InChI is InChI=1S/C19H14N6O/c1-3-13-9-17(26)25(15-7-5-4-6-8-15)18-16(13)11-20-19(23-18)22-14-10-21-24(2)12-14/h1,4-12H,2H3,(H,20,22,23). The summed E-state index contributed by atoms with van der Waals surface area (Å²) in [5.41, 5.74) is 2.11. The average Bonchev–Trinajstić information content (AvgIpc) is 3.06. The van der Waals surface area contributed by atoms with Gasteiger partial charge in [0.15, 0.2) is 5.65 Å². The van der Waals surface area contributed by atoms with Crippen molar-refractivity contribution in [2.45, 2.75) is 0 Å². The molecule has 26 heavy (non-hydrogen) atoms. The molecule has 0 saturated carbocycles. The molecule has 3 heterocycles. The Labute approximate surface area is 149 Å². The van der Waals surface area contributed by atoms with E-state index >= 15 is 0 Å². The van der Waals surface area contributed by atoms with Crippen molar-refractivity contribution in [3.63, 3.8) is 0 Å². The number of nitrogens with one attached hydrogen (secondary N) is 1. The maximum absolute atomic E-state index is 12.7. The molecule has 4 aromatic rings. The molecule has 7 heteroatoms. The van der Waals surface area contributed by atoms with Crippen LogP contribution in [0.5, 0.6) is 0 Å². The third kappa shape index (κ3) is 2.70. The predicted molar refractivity (Wildman–Crippen MR) is 99.6 cm³/mol. The fourth-order valence-corrected chi connectivity index (χ4v) is 2.72. The third-order valence-electron chi connectivity index (χ3n) is 3.89. The quantitative estimate of drug-likeness (QED) is 0.578. The lowest BCUT2D eigenvalue weighted by Crippen LogP contribution is -2.20. The number of nitrogens with zero attached hydrogens (tertiary/aromatic N) is 5. The molecule has 1 N–H and O–H groups in total. The summed E-state index contributed by atoms with van der Waals surface area (Å²) >= 11 is 0. The topological polar surface area (TPSA) is 77.6 Å². The van der Waals surface area contributed by atoms with Crippen LogP contribution in [0.1, 0.15) is 5.56 Å². The number of fused-ring (bicyclic) bond motifs is 1.